The standard InChI is InChI=1S/C28H26N6O3/c35-28-23(13-22-14-25-26(15-24(22)29-28)37-12-11-36-25)18-33(16-20-7-3-1-4-8-20)19-27-30-31-32-34(27)17-21-9-5-2-6-10-21/h1-10,13-15H,11-12,16-19H2,(H,29,35). The summed E-state index contributed by atoms with van der Waals surface area (Å²) in [6, 6.07) is 25.9. The number of aromatic amines is 1. The van der Waals surface area contributed by atoms with Crippen molar-refractivity contribution in [1.29, 1.82) is 0 Å². The molecule has 0 bridgehead atoms. The van der Waals surface area contributed by atoms with Crippen molar-refractivity contribution in [2.45, 2.75) is 26.2 Å². The first-order valence-corrected chi connectivity index (χ1v) is 12.2. The molecule has 6 rings (SSSR count). The van der Waals surface area contributed by atoms with E-state index in [0.29, 0.717) is 56.5 Å². The molecule has 9 nitrogen and oxygen atoms in total. The Labute approximate surface area is 213 Å². The van der Waals surface area contributed by atoms with E-state index in [1.54, 1.807) is 0 Å². The topological polar surface area (TPSA) is 98.2 Å². The molecule has 37 heavy (non-hydrogen) atoms. The van der Waals surface area contributed by atoms with Crippen molar-refractivity contribution in [1.82, 2.24) is 30.1 Å². The normalized spacial score (nSPS) is 12.8. The summed E-state index contributed by atoms with van der Waals surface area (Å²) in [4.78, 5) is 18.3. The average Bonchev–Trinajstić information content (AvgIpc) is 3.35. The molecule has 0 fully saturated rings. The lowest BCUT2D eigenvalue weighted by Crippen LogP contribution is -2.28. The fourth-order valence-corrected chi connectivity index (χ4v) is 4.57. The molecule has 1 aliphatic rings. The van der Waals surface area contributed by atoms with Crippen molar-refractivity contribution in [3.63, 3.8) is 0 Å². The molecular formula is C28H26N6O3. The number of aromatic nitrogens is 5. The molecule has 0 saturated heterocycles. The maximum Gasteiger partial charge on any atom is 0.252 e. The monoisotopic (exact) mass is 494 g/mol. The SMILES string of the molecule is O=c1[nH]c2cc3c(cc2cc1CN(Cc1ccccc1)Cc1nnnn1Cc1ccccc1)OCCO3. The van der Waals surface area contributed by atoms with Gasteiger partial charge in [-0.15, -0.1) is 5.10 Å². The molecular weight excluding hydrogens is 468 g/mol. The molecule has 0 aliphatic carbocycles. The lowest BCUT2D eigenvalue weighted by Gasteiger charge is -2.22. The van der Waals surface area contributed by atoms with Crippen LogP contribution in [0, 0.1) is 0 Å². The van der Waals surface area contributed by atoms with Crippen LogP contribution in [0.1, 0.15) is 22.5 Å². The van der Waals surface area contributed by atoms with Crippen LogP contribution in [0.2, 0.25) is 0 Å². The van der Waals surface area contributed by atoms with Gasteiger partial charge in [-0.1, -0.05) is 60.7 Å². The number of fused-ring (bicyclic) bond motifs is 2. The fraction of sp³-hybridized carbons (Fsp3) is 0.214. The number of H-pyrrole nitrogens is 1. The Morgan fingerprint density at radius 2 is 1.54 bits per heavy atom. The van der Waals surface area contributed by atoms with Crippen LogP contribution in [-0.4, -0.2) is 43.3 Å². The molecule has 0 spiro atoms. The smallest absolute Gasteiger partial charge is 0.252 e. The van der Waals surface area contributed by atoms with Gasteiger partial charge in [0.05, 0.1) is 18.6 Å². The quantitative estimate of drug-likeness (QED) is 0.352. The highest BCUT2D eigenvalue weighted by Gasteiger charge is 2.18. The molecule has 3 heterocycles. The summed E-state index contributed by atoms with van der Waals surface area (Å²) in [6.07, 6.45) is 0. The Hall–Kier alpha value is -4.50. The highest BCUT2D eigenvalue weighted by Crippen LogP contribution is 2.33. The van der Waals surface area contributed by atoms with Gasteiger partial charge < -0.3 is 14.5 Å². The van der Waals surface area contributed by atoms with E-state index in [4.69, 9.17) is 9.47 Å². The van der Waals surface area contributed by atoms with Gasteiger partial charge in [0, 0.05) is 30.1 Å². The lowest BCUT2D eigenvalue weighted by molar-refractivity contribution is 0.172. The number of hydrogen-bond acceptors (Lipinski definition) is 7. The van der Waals surface area contributed by atoms with E-state index < -0.39 is 0 Å². The minimum Gasteiger partial charge on any atom is -0.486 e. The maximum absolute atomic E-state index is 13.1. The Morgan fingerprint density at radius 3 is 2.30 bits per heavy atom. The molecule has 0 saturated carbocycles. The Kier molecular flexibility index (Phi) is 6.35. The predicted molar refractivity (Wildman–Crippen MR) is 138 cm³/mol. The third-order valence-corrected chi connectivity index (χ3v) is 6.37. The number of ether oxygens (including phenoxy) is 2. The van der Waals surface area contributed by atoms with E-state index in [2.05, 4.69) is 49.7 Å². The summed E-state index contributed by atoms with van der Waals surface area (Å²) in [7, 11) is 0. The molecule has 0 atom stereocenters. The summed E-state index contributed by atoms with van der Waals surface area (Å²) in [6.45, 7) is 3.13. The van der Waals surface area contributed by atoms with Crippen LogP contribution >= 0.6 is 0 Å². The van der Waals surface area contributed by atoms with Crippen LogP contribution in [0.4, 0.5) is 0 Å². The summed E-state index contributed by atoms with van der Waals surface area (Å²) in [5.74, 6) is 2.08. The van der Waals surface area contributed by atoms with E-state index >= 15 is 0 Å². The summed E-state index contributed by atoms with van der Waals surface area (Å²) >= 11 is 0. The van der Waals surface area contributed by atoms with Gasteiger partial charge >= 0.3 is 0 Å². The molecule has 3 aromatic carbocycles. The van der Waals surface area contributed by atoms with Gasteiger partial charge in [-0.3, -0.25) is 9.69 Å². The molecule has 0 radical (unpaired) electrons. The van der Waals surface area contributed by atoms with Crippen molar-refractivity contribution in [2.75, 3.05) is 13.2 Å². The average molecular weight is 495 g/mol. The van der Waals surface area contributed by atoms with E-state index in [1.807, 2.05) is 59.3 Å². The predicted octanol–water partition coefficient (Wildman–Crippen LogP) is 3.54. The summed E-state index contributed by atoms with van der Waals surface area (Å²) in [5, 5.41) is 13.3. The highest BCUT2D eigenvalue weighted by atomic mass is 16.6. The zero-order chi connectivity index (χ0) is 25.0. The first-order valence-electron chi connectivity index (χ1n) is 12.2. The van der Waals surface area contributed by atoms with Gasteiger partial charge in [0.25, 0.3) is 5.56 Å². The van der Waals surface area contributed by atoms with Gasteiger partial charge in [-0.25, -0.2) is 4.68 Å². The molecule has 0 unspecified atom stereocenters. The third kappa shape index (κ3) is 5.22. The van der Waals surface area contributed by atoms with Crippen molar-refractivity contribution >= 4 is 10.9 Å². The van der Waals surface area contributed by atoms with E-state index in [-0.39, 0.29) is 5.56 Å². The van der Waals surface area contributed by atoms with Gasteiger partial charge in [0.2, 0.25) is 0 Å². The maximum atomic E-state index is 13.1. The van der Waals surface area contributed by atoms with Crippen LogP contribution in [-0.2, 0) is 26.2 Å². The van der Waals surface area contributed by atoms with E-state index in [1.165, 1.54) is 0 Å². The van der Waals surface area contributed by atoms with Crippen molar-refractivity contribution in [3.05, 3.63) is 112 Å². The number of hydrogen-bond donors (Lipinski definition) is 1. The van der Waals surface area contributed by atoms with Crippen LogP contribution < -0.4 is 15.0 Å². The summed E-state index contributed by atoms with van der Waals surface area (Å²) in [5.41, 5.74) is 3.50. The fourth-order valence-electron chi connectivity index (χ4n) is 4.57. The number of rotatable bonds is 8. The molecule has 1 N–H and O–H groups in total. The number of benzene rings is 3. The first-order chi connectivity index (χ1) is 18.2. The zero-order valence-corrected chi connectivity index (χ0v) is 20.2. The Bertz CT molecular complexity index is 1570. The summed E-state index contributed by atoms with van der Waals surface area (Å²) < 4.78 is 13.2. The number of nitrogens with zero attached hydrogens (tertiary/aromatic N) is 5. The van der Waals surface area contributed by atoms with Gasteiger partial charge in [-0.2, -0.15) is 0 Å². The highest BCUT2D eigenvalue weighted by molar-refractivity contribution is 5.83. The second-order valence-corrected chi connectivity index (χ2v) is 9.08. The van der Waals surface area contributed by atoms with Gasteiger partial charge in [0.1, 0.15) is 13.2 Å². The number of nitrogens with one attached hydrogen (secondary N) is 1. The van der Waals surface area contributed by atoms with Gasteiger partial charge in [0.15, 0.2) is 17.3 Å². The van der Waals surface area contributed by atoms with Crippen molar-refractivity contribution in [2.24, 2.45) is 0 Å². The van der Waals surface area contributed by atoms with Crippen LogP contribution in [0.15, 0.2) is 83.7 Å². The van der Waals surface area contributed by atoms with Gasteiger partial charge in [-0.05, 0) is 33.7 Å². The third-order valence-electron chi connectivity index (χ3n) is 6.37. The minimum atomic E-state index is -0.133. The lowest BCUT2D eigenvalue weighted by atomic mass is 10.1. The minimum absolute atomic E-state index is 0.133. The Morgan fingerprint density at radius 1 is 0.838 bits per heavy atom. The number of tetrazole rings is 1. The number of pyridine rings is 1. The zero-order valence-electron chi connectivity index (χ0n) is 20.2. The first kappa shape index (κ1) is 22.9. The second kappa shape index (κ2) is 10.2. The molecule has 5 aromatic rings. The molecule has 186 valence electrons. The van der Waals surface area contributed by atoms with E-state index in [9.17, 15) is 4.79 Å². The Balaban J connectivity index is 1.30. The van der Waals surface area contributed by atoms with E-state index in [0.717, 1.165) is 27.9 Å². The molecule has 2 aromatic heterocycles. The van der Waals surface area contributed by atoms with Crippen LogP contribution in [0.25, 0.3) is 10.9 Å². The van der Waals surface area contributed by atoms with Crippen LogP contribution in [0.3, 0.4) is 0 Å². The molecule has 9 heteroatoms. The molecule has 0 amide bonds. The largest absolute Gasteiger partial charge is 0.486 e. The van der Waals surface area contributed by atoms with Crippen molar-refractivity contribution in [3.8, 4) is 11.5 Å². The second-order valence-electron chi connectivity index (χ2n) is 9.08. The molecule has 1 aliphatic heterocycles. The van der Waals surface area contributed by atoms with Crippen LogP contribution in [0.5, 0.6) is 11.5 Å². The van der Waals surface area contributed by atoms with Crippen molar-refractivity contribution < 1.29 is 9.47 Å².